The van der Waals surface area contributed by atoms with Gasteiger partial charge in [0, 0.05) is 5.56 Å². The highest BCUT2D eigenvalue weighted by Crippen LogP contribution is 2.32. The van der Waals surface area contributed by atoms with Gasteiger partial charge in [0.05, 0.1) is 12.3 Å². The highest BCUT2D eigenvalue weighted by molar-refractivity contribution is 5.95. The van der Waals surface area contributed by atoms with Gasteiger partial charge >= 0.3 is 5.69 Å². The first-order valence-electron chi connectivity index (χ1n) is 8.44. The second-order valence-corrected chi connectivity index (χ2v) is 6.16. The Morgan fingerprint density at radius 1 is 1.21 bits per heavy atom. The van der Waals surface area contributed by atoms with Crippen molar-refractivity contribution in [3.05, 3.63) is 68.0 Å². The molecule has 1 aromatic heterocycles. The number of carbonyl (C=O) groups excluding carboxylic acids is 1. The summed E-state index contributed by atoms with van der Waals surface area (Å²) in [5.74, 6) is 4.21. The van der Waals surface area contributed by atoms with Crippen molar-refractivity contribution in [2.75, 3.05) is 6.61 Å². The molecule has 1 aliphatic heterocycles. The van der Waals surface area contributed by atoms with Crippen molar-refractivity contribution in [1.82, 2.24) is 9.55 Å². The number of H-pyrrole nitrogens is 1. The maximum Gasteiger partial charge on any atom is 0.335 e. The van der Waals surface area contributed by atoms with Crippen LogP contribution in [0.25, 0.3) is 0 Å². The summed E-state index contributed by atoms with van der Waals surface area (Å²) in [6.07, 6.45) is -5.33. The Balaban J connectivity index is 2.17. The minimum absolute atomic E-state index is 0.131. The van der Waals surface area contributed by atoms with Crippen LogP contribution in [0.1, 0.15) is 34.6 Å². The fourth-order valence-electron chi connectivity index (χ4n) is 3.04. The van der Waals surface area contributed by atoms with Crippen LogP contribution in [0.5, 0.6) is 0 Å². The van der Waals surface area contributed by atoms with Crippen molar-refractivity contribution in [1.29, 1.82) is 0 Å². The number of carbonyl (C=O) groups is 1. The van der Waals surface area contributed by atoms with E-state index in [0.29, 0.717) is 4.57 Å². The maximum absolute atomic E-state index is 12.9. The molecule has 0 amide bonds. The van der Waals surface area contributed by atoms with Crippen LogP contribution in [0.4, 0.5) is 0 Å². The predicted molar refractivity (Wildman–Crippen MR) is 96.8 cm³/mol. The van der Waals surface area contributed by atoms with Gasteiger partial charge in [-0.2, -0.15) is 4.57 Å². The number of aromatic amines is 1. The number of rotatable bonds is 3. The number of benzene rings is 1. The number of nitrogens with zero attached hydrogens (tertiary/aromatic N) is 1. The van der Waals surface area contributed by atoms with Gasteiger partial charge in [-0.05, 0) is 19.1 Å². The smallest absolute Gasteiger partial charge is 0.335 e. The Morgan fingerprint density at radius 3 is 2.46 bits per heavy atom. The number of aromatic nitrogens is 2. The minimum atomic E-state index is -1.51. The lowest BCUT2D eigenvalue weighted by Gasteiger charge is -2.17. The molecule has 4 atom stereocenters. The van der Waals surface area contributed by atoms with Crippen LogP contribution in [0, 0.1) is 11.8 Å². The van der Waals surface area contributed by atoms with E-state index in [2.05, 4.69) is 16.8 Å². The van der Waals surface area contributed by atoms with Gasteiger partial charge < -0.3 is 25.0 Å². The van der Waals surface area contributed by atoms with Gasteiger partial charge in [0.15, 0.2) is 0 Å². The highest BCUT2D eigenvalue weighted by Gasteiger charge is 2.45. The van der Waals surface area contributed by atoms with Crippen molar-refractivity contribution < 1.29 is 24.9 Å². The fourth-order valence-corrected chi connectivity index (χ4v) is 3.04. The molecule has 146 valence electrons. The third-order valence-electron chi connectivity index (χ3n) is 4.43. The van der Waals surface area contributed by atoms with Crippen LogP contribution >= 0.6 is 0 Å². The molecular weight excluding hydrogens is 368 g/mol. The molecule has 9 heteroatoms. The number of aliphatic hydroxyl groups excluding tert-OH is 3. The molecule has 28 heavy (non-hydrogen) atoms. The average molecular weight is 386 g/mol. The Morgan fingerprint density at radius 2 is 1.89 bits per heavy atom. The van der Waals surface area contributed by atoms with E-state index in [1.165, 1.54) is 19.1 Å². The first-order valence-corrected chi connectivity index (χ1v) is 8.44. The van der Waals surface area contributed by atoms with E-state index < -0.39 is 48.2 Å². The third kappa shape index (κ3) is 3.30. The lowest BCUT2D eigenvalue weighted by Crippen LogP contribution is -2.43. The molecule has 9 nitrogen and oxygen atoms in total. The molecule has 0 radical (unpaired) electrons. The Bertz CT molecular complexity index is 1060. The van der Waals surface area contributed by atoms with E-state index in [1.54, 1.807) is 18.2 Å². The summed E-state index contributed by atoms with van der Waals surface area (Å²) in [6, 6.07) is 7.78. The quantitative estimate of drug-likeness (QED) is 0.483. The van der Waals surface area contributed by atoms with E-state index in [4.69, 9.17) is 4.74 Å². The number of hydrogen-bond donors (Lipinski definition) is 4. The normalized spacial score (nSPS) is 23.9. The summed E-state index contributed by atoms with van der Waals surface area (Å²) in [6.45, 7) is 0.881. The summed E-state index contributed by atoms with van der Waals surface area (Å²) in [4.78, 5) is 40.4. The molecular formula is C19H18N2O7. The first-order chi connectivity index (χ1) is 13.4. The molecule has 0 aliphatic carbocycles. The average Bonchev–Trinajstić information content (AvgIpc) is 2.98. The molecule has 2 heterocycles. The van der Waals surface area contributed by atoms with E-state index in [0.717, 1.165) is 0 Å². The monoisotopic (exact) mass is 386 g/mol. The summed E-state index contributed by atoms with van der Waals surface area (Å²) < 4.78 is 5.80. The number of ether oxygens (including phenoxy) is 1. The molecule has 0 spiro atoms. The van der Waals surface area contributed by atoms with Gasteiger partial charge in [0.1, 0.15) is 30.0 Å². The largest absolute Gasteiger partial charge is 0.394 e. The van der Waals surface area contributed by atoms with Crippen molar-refractivity contribution in [2.24, 2.45) is 0 Å². The van der Waals surface area contributed by atoms with Crippen LogP contribution in [-0.2, 0) is 4.74 Å². The van der Waals surface area contributed by atoms with Gasteiger partial charge in [0.25, 0.3) is 11.5 Å². The zero-order valence-corrected chi connectivity index (χ0v) is 14.8. The minimum Gasteiger partial charge on any atom is -0.394 e. The molecule has 0 bridgehead atoms. The topological polar surface area (TPSA) is 142 Å². The summed E-state index contributed by atoms with van der Waals surface area (Å²) in [5.41, 5.74) is -2.29. The lowest BCUT2D eigenvalue weighted by atomic mass is 10.0. The SMILES string of the molecule is CC#Cc1c([C@@H]2O[C@H](CO)[C@@H](O)[C@@H]2O)[nH]c(=O)n(C(=O)c2ccccc2)c1=O. The fraction of sp³-hybridized carbons (Fsp3) is 0.316. The zero-order chi connectivity index (χ0) is 20.4. The molecule has 1 aromatic carbocycles. The van der Waals surface area contributed by atoms with Crippen LogP contribution in [0.3, 0.4) is 0 Å². The Labute approximate surface area is 158 Å². The van der Waals surface area contributed by atoms with Crippen molar-refractivity contribution >= 4 is 5.91 Å². The van der Waals surface area contributed by atoms with Gasteiger partial charge in [0.2, 0.25) is 0 Å². The first kappa shape index (κ1) is 19.7. The van der Waals surface area contributed by atoms with Crippen LogP contribution in [-0.4, -0.2) is 55.7 Å². The molecule has 1 aliphatic rings. The number of hydrogen-bond acceptors (Lipinski definition) is 7. The van der Waals surface area contributed by atoms with E-state index >= 15 is 0 Å². The molecule has 0 saturated carbocycles. The highest BCUT2D eigenvalue weighted by atomic mass is 16.6. The van der Waals surface area contributed by atoms with E-state index in [-0.39, 0.29) is 16.8 Å². The molecule has 0 unspecified atom stereocenters. The summed E-state index contributed by atoms with van der Waals surface area (Å²) >= 11 is 0. The molecule has 2 aromatic rings. The van der Waals surface area contributed by atoms with Crippen molar-refractivity contribution in [3.8, 4) is 11.8 Å². The number of aliphatic hydroxyl groups is 3. The Kier molecular flexibility index (Phi) is 5.58. The van der Waals surface area contributed by atoms with Gasteiger partial charge in [-0.25, -0.2) is 4.79 Å². The molecule has 4 N–H and O–H groups in total. The zero-order valence-electron chi connectivity index (χ0n) is 14.8. The van der Waals surface area contributed by atoms with Crippen LogP contribution in [0.2, 0.25) is 0 Å². The van der Waals surface area contributed by atoms with Gasteiger partial charge in [-0.3, -0.25) is 9.59 Å². The second-order valence-electron chi connectivity index (χ2n) is 6.16. The van der Waals surface area contributed by atoms with Gasteiger partial charge in [-0.15, -0.1) is 5.92 Å². The summed E-state index contributed by atoms with van der Waals surface area (Å²) in [5, 5.41) is 29.4. The second kappa shape index (κ2) is 7.92. The lowest BCUT2D eigenvalue weighted by molar-refractivity contribution is -0.0241. The molecule has 1 saturated heterocycles. The third-order valence-corrected chi connectivity index (χ3v) is 4.43. The number of nitrogens with one attached hydrogen (secondary N) is 1. The van der Waals surface area contributed by atoms with E-state index in [9.17, 15) is 29.7 Å². The van der Waals surface area contributed by atoms with E-state index in [1.807, 2.05) is 0 Å². The van der Waals surface area contributed by atoms with Gasteiger partial charge in [-0.1, -0.05) is 24.1 Å². The molecule has 3 rings (SSSR count). The van der Waals surface area contributed by atoms with Crippen molar-refractivity contribution in [2.45, 2.75) is 31.3 Å². The predicted octanol–water partition coefficient (Wildman–Crippen LogP) is -1.25. The summed E-state index contributed by atoms with van der Waals surface area (Å²) in [7, 11) is 0. The van der Waals surface area contributed by atoms with Crippen LogP contribution in [0.15, 0.2) is 39.9 Å². The Hall–Kier alpha value is -3.03. The van der Waals surface area contributed by atoms with Crippen LogP contribution < -0.4 is 11.2 Å². The standard InChI is InChI=1S/C19H18N2O7/c1-2-6-11-13(16-15(24)14(23)12(9-22)28-16)20-19(27)21(18(11)26)17(25)10-7-4-3-5-8-10/h3-5,7-8,12,14-16,22-24H,9H2,1H3,(H,20,27)/t12-,14-,15+,16+/m1/s1. The maximum atomic E-state index is 12.9. The van der Waals surface area contributed by atoms with Crippen molar-refractivity contribution in [3.63, 3.8) is 0 Å². The molecule has 1 fully saturated rings.